The average Bonchev–Trinajstić information content (AvgIpc) is 2.79. The quantitative estimate of drug-likeness (QED) is 0.865. The van der Waals surface area contributed by atoms with Gasteiger partial charge in [0.2, 0.25) is 5.91 Å². The molecule has 106 valence electrons. The van der Waals surface area contributed by atoms with Crippen LogP contribution in [0.5, 0.6) is 0 Å². The van der Waals surface area contributed by atoms with Crippen LogP contribution in [0.25, 0.3) is 0 Å². The average molecular weight is 264 g/mol. The summed E-state index contributed by atoms with van der Waals surface area (Å²) in [4.78, 5) is 12.1. The molecule has 3 unspecified atom stereocenters. The van der Waals surface area contributed by atoms with Gasteiger partial charge in [0.15, 0.2) is 0 Å². The Kier molecular flexibility index (Phi) is 4.58. The van der Waals surface area contributed by atoms with Crippen molar-refractivity contribution >= 4 is 5.91 Å². The molecule has 1 aromatic heterocycles. The zero-order chi connectivity index (χ0) is 13.8. The number of hydrogen-bond donors (Lipinski definition) is 2. The molecule has 1 aliphatic rings. The van der Waals surface area contributed by atoms with Gasteiger partial charge in [-0.25, -0.2) is 0 Å². The number of nitrogens with two attached hydrogens (primary N) is 1. The third-order valence-electron chi connectivity index (χ3n) is 4.02. The third kappa shape index (κ3) is 3.80. The maximum atomic E-state index is 12.1. The van der Waals surface area contributed by atoms with E-state index in [1.54, 1.807) is 10.9 Å². The second kappa shape index (κ2) is 6.19. The molecule has 3 atom stereocenters. The van der Waals surface area contributed by atoms with E-state index in [0.717, 1.165) is 18.4 Å². The van der Waals surface area contributed by atoms with Crippen molar-refractivity contribution in [2.75, 3.05) is 0 Å². The largest absolute Gasteiger partial charge is 0.349 e. The molecule has 0 aromatic carbocycles. The summed E-state index contributed by atoms with van der Waals surface area (Å²) >= 11 is 0. The Morgan fingerprint density at radius 2 is 2.32 bits per heavy atom. The zero-order valence-corrected chi connectivity index (χ0v) is 11.8. The minimum Gasteiger partial charge on any atom is -0.349 e. The molecule has 2 rings (SSSR count). The van der Waals surface area contributed by atoms with Gasteiger partial charge in [0.25, 0.3) is 0 Å². The summed E-state index contributed by atoms with van der Waals surface area (Å²) in [5, 5.41) is 7.15. The Morgan fingerprint density at radius 1 is 1.58 bits per heavy atom. The number of carbonyl (C=O) groups is 1. The van der Waals surface area contributed by atoms with Crippen molar-refractivity contribution in [2.24, 2.45) is 18.7 Å². The molecule has 0 saturated heterocycles. The number of nitrogens with one attached hydrogen (secondary N) is 1. The fourth-order valence-corrected chi connectivity index (χ4v) is 2.78. The molecule has 1 aliphatic carbocycles. The van der Waals surface area contributed by atoms with Crippen molar-refractivity contribution in [1.29, 1.82) is 0 Å². The van der Waals surface area contributed by atoms with Crippen LogP contribution in [0.2, 0.25) is 0 Å². The van der Waals surface area contributed by atoms with E-state index in [1.807, 2.05) is 20.2 Å². The van der Waals surface area contributed by atoms with Crippen LogP contribution in [0.15, 0.2) is 12.4 Å². The molecule has 1 fully saturated rings. The van der Waals surface area contributed by atoms with E-state index in [9.17, 15) is 4.79 Å². The predicted molar refractivity (Wildman–Crippen MR) is 74.3 cm³/mol. The molecule has 3 N–H and O–H groups in total. The molecule has 0 spiro atoms. The van der Waals surface area contributed by atoms with E-state index in [4.69, 9.17) is 5.73 Å². The molecule has 1 heterocycles. The number of carbonyl (C=O) groups excluding carboxylic acids is 1. The van der Waals surface area contributed by atoms with Crippen molar-refractivity contribution < 1.29 is 4.79 Å². The maximum Gasteiger partial charge on any atom is 0.220 e. The maximum absolute atomic E-state index is 12.1. The van der Waals surface area contributed by atoms with Crippen LogP contribution in [0.4, 0.5) is 0 Å². The Hall–Kier alpha value is -1.36. The molecule has 5 heteroatoms. The summed E-state index contributed by atoms with van der Waals surface area (Å²) < 4.78 is 1.75. The standard InChI is InChI=1S/C14H24N4O/c1-10(12-8-16-18(2)9-12)17-14(19)7-11-5-3-4-6-13(11)15/h8-11,13H,3-7,15H2,1-2H3,(H,17,19). The van der Waals surface area contributed by atoms with Crippen LogP contribution in [0.3, 0.4) is 0 Å². The van der Waals surface area contributed by atoms with E-state index in [2.05, 4.69) is 10.4 Å². The van der Waals surface area contributed by atoms with Crippen molar-refractivity contribution in [3.05, 3.63) is 18.0 Å². The number of aromatic nitrogens is 2. The first-order chi connectivity index (χ1) is 9.06. The predicted octanol–water partition coefficient (Wildman–Crippen LogP) is 1.50. The summed E-state index contributed by atoms with van der Waals surface area (Å²) in [7, 11) is 1.87. The topological polar surface area (TPSA) is 72.9 Å². The van der Waals surface area contributed by atoms with Gasteiger partial charge >= 0.3 is 0 Å². The Labute approximate surface area is 114 Å². The molecule has 0 aliphatic heterocycles. The van der Waals surface area contributed by atoms with Crippen LogP contribution in [-0.4, -0.2) is 21.7 Å². The first kappa shape index (κ1) is 14.1. The van der Waals surface area contributed by atoms with Gasteiger partial charge in [-0.05, 0) is 25.7 Å². The van der Waals surface area contributed by atoms with Gasteiger partial charge in [-0.1, -0.05) is 12.8 Å². The minimum atomic E-state index is 0.000940. The zero-order valence-electron chi connectivity index (χ0n) is 11.8. The molecule has 19 heavy (non-hydrogen) atoms. The number of nitrogens with zero attached hydrogens (tertiary/aromatic N) is 2. The number of rotatable bonds is 4. The van der Waals surface area contributed by atoms with Gasteiger partial charge in [-0.3, -0.25) is 9.48 Å². The number of hydrogen-bond acceptors (Lipinski definition) is 3. The van der Waals surface area contributed by atoms with Crippen LogP contribution in [0.1, 0.15) is 50.6 Å². The fourth-order valence-electron chi connectivity index (χ4n) is 2.78. The molecule has 1 saturated carbocycles. The summed E-state index contributed by atoms with van der Waals surface area (Å²) in [6, 6.07) is 0.189. The lowest BCUT2D eigenvalue weighted by molar-refractivity contribution is -0.123. The first-order valence-corrected chi connectivity index (χ1v) is 7.09. The van der Waals surface area contributed by atoms with Crippen LogP contribution in [0, 0.1) is 5.92 Å². The Bertz CT molecular complexity index is 429. The number of aryl methyl sites for hydroxylation is 1. The molecular formula is C14H24N4O. The summed E-state index contributed by atoms with van der Waals surface area (Å²) in [6.07, 6.45) is 8.79. The molecule has 0 bridgehead atoms. The Morgan fingerprint density at radius 3 is 2.95 bits per heavy atom. The Balaban J connectivity index is 1.83. The normalized spacial score (nSPS) is 25.0. The molecule has 1 amide bonds. The number of amides is 1. The summed E-state index contributed by atoms with van der Waals surface area (Å²) in [6.45, 7) is 1.98. The summed E-state index contributed by atoms with van der Waals surface area (Å²) in [5.74, 6) is 0.438. The van der Waals surface area contributed by atoms with Crippen LogP contribution >= 0.6 is 0 Å². The lowest BCUT2D eigenvalue weighted by atomic mass is 9.83. The van der Waals surface area contributed by atoms with E-state index < -0.39 is 0 Å². The SMILES string of the molecule is CC(NC(=O)CC1CCCCC1N)c1cnn(C)c1. The van der Waals surface area contributed by atoms with Crippen LogP contribution < -0.4 is 11.1 Å². The molecular weight excluding hydrogens is 240 g/mol. The van der Waals surface area contributed by atoms with E-state index in [1.165, 1.54) is 12.8 Å². The second-order valence-corrected chi connectivity index (χ2v) is 5.65. The van der Waals surface area contributed by atoms with Gasteiger partial charge in [-0.15, -0.1) is 0 Å². The smallest absolute Gasteiger partial charge is 0.220 e. The monoisotopic (exact) mass is 264 g/mol. The highest BCUT2D eigenvalue weighted by atomic mass is 16.1. The second-order valence-electron chi connectivity index (χ2n) is 5.65. The van der Waals surface area contributed by atoms with Crippen molar-refractivity contribution in [3.63, 3.8) is 0 Å². The highest BCUT2D eigenvalue weighted by Crippen LogP contribution is 2.25. The van der Waals surface area contributed by atoms with Gasteiger partial charge in [0.1, 0.15) is 0 Å². The third-order valence-corrected chi connectivity index (χ3v) is 4.02. The lowest BCUT2D eigenvalue weighted by Gasteiger charge is -2.28. The first-order valence-electron chi connectivity index (χ1n) is 7.09. The molecule has 5 nitrogen and oxygen atoms in total. The van der Waals surface area contributed by atoms with Gasteiger partial charge in [0.05, 0.1) is 12.2 Å². The minimum absolute atomic E-state index is 0.000940. The van der Waals surface area contributed by atoms with Crippen molar-refractivity contribution in [2.45, 2.75) is 51.1 Å². The van der Waals surface area contributed by atoms with E-state index >= 15 is 0 Å². The highest BCUT2D eigenvalue weighted by molar-refractivity contribution is 5.76. The van der Waals surface area contributed by atoms with Crippen molar-refractivity contribution in [3.8, 4) is 0 Å². The lowest BCUT2D eigenvalue weighted by Crippen LogP contribution is -2.37. The molecule has 0 radical (unpaired) electrons. The van der Waals surface area contributed by atoms with E-state index in [-0.39, 0.29) is 18.0 Å². The fraction of sp³-hybridized carbons (Fsp3) is 0.714. The summed E-state index contributed by atoms with van der Waals surface area (Å²) in [5.41, 5.74) is 7.11. The van der Waals surface area contributed by atoms with Crippen molar-refractivity contribution in [1.82, 2.24) is 15.1 Å². The van der Waals surface area contributed by atoms with Gasteiger partial charge in [-0.2, -0.15) is 5.10 Å². The van der Waals surface area contributed by atoms with Gasteiger partial charge < -0.3 is 11.1 Å². The highest BCUT2D eigenvalue weighted by Gasteiger charge is 2.24. The van der Waals surface area contributed by atoms with Gasteiger partial charge in [0, 0.05) is 31.3 Å². The van der Waals surface area contributed by atoms with Crippen LogP contribution in [-0.2, 0) is 11.8 Å². The van der Waals surface area contributed by atoms with E-state index in [0.29, 0.717) is 12.3 Å². The molecule has 1 aromatic rings.